The lowest BCUT2D eigenvalue weighted by atomic mass is 9.93. The van der Waals surface area contributed by atoms with E-state index in [1.807, 2.05) is 0 Å². The van der Waals surface area contributed by atoms with Gasteiger partial charge in [-0.05, 0) is 46.5 Å². The zero-order valence-electron chi connectivity index (χ0n) is 9.33. The maximum atomic E-state index is 4.22. The van der Waals surface area contributed by atoms with Crippen molar-refractivity contribution in [3.63, 3.8) is 0 Å². The molecule has 0 unspecified atom stereocenters. The molecular weight excluding hydrogens is 192 g/mol. The molecule has 3 aromatic rings. The molecule has 0 aliphatic rings. The van der Waals surface area contributed by atoms with Gasteiger partial charge in [-0.15, -0.1) is 0 Å². The van der Waals surface area contributed by atoms with Crippen LogP contribution in [0, 0.1) is 13.8 Å². The van der Waals surface area contributed by atoms with Crippen molar-refractivity contribution in [3.05, 3.63) is 66.6 Å². The van der Waals surface area contributed by atoms with Gasteiger partial charge < -0.3 is 0 Å². The molecule has 0 atom stereocenters. The predicted molar refractivity (Wildman–Crippen MR) is 70.7 cm³/mol. The van der Waals surface area contributed by atoms with Crippen LogP contribution in [0.15, 0.2) is 48.5 Å². The number of hydrogen-bond donors (Lipinski definition) is 0. The number of hydrogen-bond acceptors (Lipinski definition) is 0. The van der Waals surface area contributed by atoms with Crippen LogP contribution in [0.1, 0.15) is 11.1 Å². The van der Waals surface area contributed by atoms with Crippen molar-refractivity contribution in [2.45, 2.75) is 6.92 Å². The molecule has 0 aliphatic heterocycles. The van der Waals surface area contributed by atoms with E-state index in [1.165, 1.54) is 27.1 Å². The largest absolute Gasteiger partial charge is 0.0616 e. The highest BCUT2D eigenvalue weighted by Crippen LogP contribution is 2.31. The third-order valence-electron chi connectivity index (χ3n) is 3.31. The number of aryl methyl sites for hydroxylation is 1. The minimum absolute atomic E-state index is 1.14. The lowest BCUT2D eigenvalue weighted by molar-refractivity contribution is 1.57. The van der Waals surface area contributed by atoms with Crippen molar-refractivity contribution < 1.29 is 0 Å². The fourth-order valence-corrected chi connectivity index (χ4v) is 2.44. The van der Waals surface area contributed by atoms with Gasteiger partial charge in [0.25, 0.3) is 0 Å². The van der Waals surface area contributed by atoms with Crippen molar-refractivity contribution >= 4 is 21.5 Å². The molecule has 0 spiro atoms. The van der Waals surface area contributed by atoms with Crippen molar-refractivity contribution in [1.29, 1.82) is 0 Å². The molecule has 3 aromatic carbocycles. The summed E-state index contributed by atoms with van der Waals surface area (Å²) in [5.74, 6) is 0. The Morgan fingerprint density at radius 3 is 1.50 bits per heavy atom. The molecule has 0 bridgehead atoms. The lowest BCUT2D eigenvalue weighted by Gasteiger charge is -2.11. The Labute approximate surface area is 95.5 Å². The highest BCUT2D eigenvalue weighted by molar-refractivity contribution is 6.06. The molecule has 0 fully saturated rings. The fraction of sp³-hybridized carbons (Fsp3) is 0.0625. The molecule has 0 saturated heterocycles. The molecule has 1 radical (unpaired) electrons. The molecule has 0 N–H and O–H groups in total. The highest BCUT2D eigenvalue weighted by Gasteiger charge is 2.06. The van der Waals surface area contributed by atoms with Crippen LogP contribution in [-0.2, 0) is 0 Å². The van der Waals surface area contributed by atoms with Crippen molar-refractivity contribution in [2.24, 2.45) is 0 Å². The van der Waals surface area contributed by atoms with E-state index in [1.54, 1.807) is 0 Å². The van der Waals surface area contributed by atoms with Crippen LogP contribution < -0.4 is 0 Å². The summed E-state index contributed by atoms with van der Waals surface area (Å²) in [6.45, 7) is 6.40. The average molecular weight is 205 g/mol. The standard InChI is InChI=1S/C16H13/c1-11-13-7-3-5-9-15(13)12(2)16-10-6-4-8-14(11)16/h3-10H,1H2,2H3. The normalized spacial score (nSPS) is 11.1. The third-order valence-corrected chi connectivity index (χ3v) is 3.31. The number of fused-ring (bicyclic) bond motifs is 2. The summed E-state index contributed by atoms with van der Waals surface area (Å²) >= 11 is 0. The molecule has 3 rings (SSSR count). The second-order valence-corrected chi connectivity index (χ2v) is 4.19. The Bertz CT molecular complexity index is 561. The summed E-state index contributed by atoms with van der Waals surface area (Å²) in [6.07, 6.45) is 0. The molecule has 0 heteroatoms. The lowest BCUT2D eigenvalue weighted by Crippen LogP contribution is -1.87. The Morgan fingerprint density at radius 2 is 1.06 bits per heavy atom. The monoisotopic (exact) mass is 205 g/mol. The first-order valence-electron chi connectivity index (χ1n) is 5.51. The van der Waals surface area contributed by atoms with Crippen LogP contribution in [0.3, 0.4) is 0 Å². The second-order valence-electron chi connectivity index (χ2n) is 4.19. The van der Waals surface area contributed by atoms with Crippen LogP contribution >= 0.6 is 0 Å². The Morgan fingerprint density at radius 1 is 0.688 bits per heavy atom. The van der Waals surface area contributed by atoms with Gasteiger partial charge >= 0.3 is 0 Å². The van der Waals surface area contributed by atoms with Gasteiger partial charge in [-0.1, -0.05) is 48.5 Å². The van der Waals surface area contributed by atoms with Gasteiger partial charge in [0.2, 0.25) is 0 Å². The number of rotatable bonds is 0. The van der Waals surface area contributed by atoms with Gasteiger partial charge in [0, 0.05) is 0 Å². The van der Waals surface area contributed by atoms with Crippen LogP contribution in [0.5, 0.6) is 0 Å². The van der Waals surface area contributed by atoms with Gasteiger partial charge in [-0.25, -0.2) is 0 Å². The fourth-order valence-electron chi connectivity index (χ4n) is 2.44. The minimum Gasteiger partial charge on any atom is -0.0616 e. The van der Waals surface area contributed by atoms with E-state index < -0.39 is 0 Å². The molecule has 0 nitrogen and oxygen atoms in total. The van der Waals surface area contributed by atoms with Crippen LogP contribution in [0.4, 0.5) is 0 Å². The summed E-state index contributed by atoms with van der Waals surface area (Å²) in [5, 5.41) is 5.15. The number of benzene rings is 3. The zero-order valence-corrected chi connectivity index (χ0v) is 9.33. The van der Waals surface area contributed by atoms with E-state index in [2.05, 4.69) is 62.4 Å². The topological polar surface area (TPSA) is 0 Å². The summed E-state index contributed by atoms with van der Waals surface area (Å²) in [6, 6.07) is 17.0. The van der Waals surface area contributed by atoms with Crippen molar-refractivity contribution in [3.8, 4) is 0 Å². The average Bonchev–Trinajstić information content (AvgIpc) is 2.36. The highest BCUT2D eigenvalue weighted by atomic mass is 14.1. The van der Waals surface area contributed by atoms with E-state index in [0.717, 1.165) is 5.56 Å². The van der Waals surface area contributed by atoms with Gasteiger partial charge in [-0.3, -0.25) is 0 Å². The van der Waals surface area contributed by atoms with Gasteiger partial charge in [0.15, 0.2) is 0 Å². The van der Waals surface area contributed by atoms with Gasteiger partial charge in [0.05, 0.1) is 0 Å². The molecule has 77 valence electrons. The smallest absolute Gasteiger partial charge is 0.0143 e. The molecule has 0 heterocycles. The first-order chi connectivity index (χ1) is 7.79. The van der Waals surface area contributed by atoms with Crippen molar-refractivity contribution in [2.75, 3.05) is 0 Å². The van der Waals surface area contributed by atoms with Crippen LogP contribution in [0.25, 0.3) is 21.5 Å². The first-order valence-corrected chi connectivity index (χ1v) is 5.51. The third kappa shape index (κ3) is 1.16. The second kappa shape index (κ2) is 3.34. The van der Waals surface area contributed by atoms with E-state index in [9.17, 15) is 0 Å². The Balaban J connectivity index is 2.67. The maximum absolute atomic E-state index is 4.22. The first kappa shape index (κ1) is 9.41. The zero-order chi connectivity index (χ0) is 11.1. The van der Waals surface area contributed by atoms with Gasteiger partial charge in [0.1, 0.15) is 0 Å². The quantitative estimate of drug-likeness (QED) is 0.474. The molecule has 0 aromatic heterocycles. The van der Waals surface area contributed by atoms with Gasteiger partial charge in [-0.2, -0.15) is 0 Å². The van der Waals surface area contributed by atoms with Crippen molar-refractivity contribution in [1.82, 2.24) is 0 Å². The summed E-state index contributed by atoms with van der Waals surface area (Å²) in [4.78, 5) is 0. The molecule has 0 saturated carbocycles. The Kier molecular flexibility index (Phi) is 1.97. The molecular formula is C16H13. The SMILES string of the molecule is [CH2]c1c2ccccc2c(C)c2ccccc12. The summed E-state index contributed by atoms with van der Waals surface area (Å²) in [5.41, 5.74) is 2.48. The molecule has 0 aliphatic carbocycles. The van der Waals surface area contributed by atoms with Crippen LogP contribution in [0.2, 0.25) is 0 Å². The summed E-state index contributed by atoms with van der Waals surface area (Å²) in [7, 11) is 0. The predicted octanol–water partition coefficient (Wildman–Crippen LogP) is 4.48. The van der Waals surface area contributed by atoms with E-state index in [4.69, 9.17) is 0 Å². The van der Waals surface area contributed by atoms with E-state index in [-0.39, 0.29) is 0 Å². The molecule has 16 heavy (non-hydrogen) atoms. The van der Waals surface area contributed by atoms with E-state index in [0.29, 0.717) is 0 Å². The maximum Gasteiger partial charge on any atom is -0.0143 e. The molecule has 0 amide bonds. The van der Waals surface area contributed by atoms with E-state index >= 15 is 0 Å². The van der Waals surface area contributed by atoms with Crippen LogP contribution in [-0.4, -0.2) is 0 Å². The Hall–Kier alpha value is -1.82. The minimum atomic E-state index is 1.14. The summed E-state index contributed by atoms with van der Waals surface area (Å²) < 4.78 is 0.